The zero-order valence-electron chi connectivity index (χ0n) is 15.9. The molecular formula is C20H22ClNO5. The Morgan fingerprint density at radius 1 is 0.926 bits per heavy atom. The molecule has 2 aromatic rings. The van der Waals surface area contributed by atoms with Crippen LogP contribution >= 0.6 is 11.6 Å². The van der Waals surface area contributed by atoms with Crippen LogP contribution in [-0.2, 0) is 4.79 Å². The summed E-state index contributed by atoms with van der Waals surface area (Å²) < 4.78 is 21.0. The lowest BCUT2D eigenvalue weighted by molar-refractivity contribution is -0.113. The summed E-state index contributed by atoms with van der Waals surface area (Å²) in [6, 6.07) is 8.70. The minimum Gasteiger partial charge on any atom is -0.493 e. The number of carbonyl (C=O) groups is 1. The van der Waals surface area contributed by atoms with Gasteiger partial charge in [0.05, 0.1) is 33.5 Å². The molecule has 0 saturated heterocycles. The Labute approximate surface area is 163 Å². The molecule has 1 amide bonds. The fourth-order valence-corrected chi connectivity index (χ4v) is 2.77. The van der Waals surface area contributed by atoms with E-state index in [1.807, 2.05) is 0 Å². The highest BCUT2D eigenvalue weighted by atomic mass is 35.5. The quantitative estimate of drug-likeness (QED) is 0.666. The molecule has 0 spiro atoms. The van der Waals surface area contributed by atoms with E-state index in [0.29, 0.717) is 39.3 Å². The van der Waals surface area contributed by atoms with Gasteiger partial charge in [0.1, 0.15) is 0 Å². The number of hydrogen-bond donors (Lipinski definition) is 0. The van der Waals surface area contributed by atoms with Crippen molar-refractivity contribution in [3.63, 3.8) is 0 Å². The second kappa shape index (κ2) is 9.19. The summed E-state index contributed by atoms with van der Waals surface area (Å²) in [6.45, 7) is 0. The Bertz CT molecular complexity index is 851. The highest BCUT2D eigenvalue weighted by Crippen LogP contribution is 2.36. The number of rotatable bonds is 7. The normalized spacial score (nSPS) is 10.6. The van der Waals surface area contributed by atoms with Gasteiger partial charge in [0.2, 0.25) is 0 Å². The topological polar surface area (TPSA) is 57.2 Å². The molecule has 0 radical (unpaired) electrons. The number of halogens is 1. The van der Waals surface area contributed by atoms with Crippen LogP contribution in [0.15, 0.2) is 36.4 Å². The second-order valence-electron chi connectivity index (χ2n) is 5.51. The summed E-state index contributed by atoms with van der Waals surface area (Å²) in [5.41, 5.74) is 1.39. The van der Waals surface area contributed by atoms with Crippen molar-refractivity contribution in [2.45, 2.75) is 0 Å². The van der Waals surface area contributed by atoms with Crippen molar-refractivity contribution in [3.8, 4) is 23.0 Å². The fraction of sp³-hybridized carbons (Fsp3) is 0.250. The molecule has 2 rings (SSSR count). The Balaban J connectivity index is 2.22. The molecule has 2 aromatic carbocycles. The van der Waals surface area contributed by atoms with E-state index in [1.165, 1.54) is 25.2 Å². The van der Waals surface area contributed by atoms with Gasteiger partial charge in [0.15, 0.2) is 23.0 Å². The van der Waals surface area contributed by atoms with Gasteiger partial charge in [-0.15, -0.1) is 0 Å². The number of methoxy groups -OCH3 is 4. The van der Waals surface area contributed by atoms with Crippen LogP contribution in [0.4, 0.5) is 5.69 Å². The first-order valence-corrected chi connectivity index (χ1v) is 8.42. The number of anilines is 1. The van der Waals surface area contributed by atoms with E-state index in [2.05, 4.69) is 0 Å². The van der Waals surface area contributed by atoms with Crippen LogP contribution in [0.3, 0.4) is 0 Å². The first kappa shape index (κ1) is 20.5. The monoisotopic (exact) mass is 391 g/mol. The van der Waals surface area contributed by atoms with Crippen LogP contribution in [0.25, 0.3) is 6.08 Å². The van der Waals surface area contributed by atoms with Crippen LogP contribution in [0.1, 0.15) is 5.56 Å². The average Bonchev–Trinajstić information content (AvgIpc) is 2.70. The van der Waals surface area contributed by atoms with Crippen molar-refractivity contribution in [2.75, 3.05) is 40.4 Å². The highest BCUT2D eigenvalue weighted by Gasteiger charge is 2.13. The second-order valence-corrected chi connectivity index (χ2v) is 5.92. The van der Waals surface area contributed by atoms with Crippen molar-refractivity contribution in [1.29, 1.82) is 0 Å². The van der Waals surface area contributed by atoms with E-state index < -0.39 is 0 Å². The number of hydrogen-bond acceptors (Lipinski definition) is 5. The zero-order chi connectivity index (χ0) is 20.0. The van der Waals surface area contributed by atoms with Crippen molar-refractivity contribution in [1.82, 2.24) is 0 Å². The predicted molar refractivity (Wildman–Crippen MR) is 107 cm³/mol. The van der Waals surface area contributed by atoms with Crippen LogP contribution in [0.2, 0.25) is 5.02 Å². The molecule has 0 heterocycles. The number of carbonyl (C=O) groups excluding carboxylic acids is 1. The fourth-order valence-electron chi connectivity index (χ4n) is 2.47. The average molecular weight is 392 g/mol. The van der Waals surface area contributed by atoms with E-state index in [9.17, 15) is 4.79 Å². The molecule has 0 bridgehead atoms. The van der Waals surface area contributed by atoms with Crippen LogP contribution in [0.5, 0.6) is 23.0 Å². The van der Waals surface area contributed by atoms with Gasteiger partial charge in [0, 0.05) is 24.9 Å². The van der Waals surface area contributed by atoms with Crippen molar-refractivity contribution < 1.29 is 23.7 Å². The third-order valence-corrected chi connectivity index (χ3v) is 4.24. The molecule has 0 aliphatic rings. The minimum absolute atomic E-state index is 0.215. The molecular weight excluding hydrogens is 370 g/mol. The molecule has 0 fully saturated rings. The lowest BCUT2D eigenvalue weighted by atomic mass is 10.1. The molecule has 0 N–H and O–H groups in total. The Morgan fingerprint density at radius 2 is 1.59 bits per heavy atom. The Morgan fingerprint density at radius 3 is 2.19 bits per heavy atom. The lowest BCUT2D eigenvalue weighted by Crippen LogP contribution is -2.23. The smallest absolute Gasteiger partial charge is 0.250 e. The molecule has 6 nitrogen and oxygen atoms in total. The predicted octanol–water partition coefficient (Wildman–Crippen LogP) is 4.05. The molecule has 0 unspecified atom stereocenters. The van der Waals surface area contributed by atoms with Crippen LogP contribution in [0, 0.1) is 0 Å². The molecule has 144 valence electrons. The number of ether oxygens (including phenoxy) is 4. The molecule has 0 aliphatic carbocycles. The largest absolute Gasteiger partial charge is 0.493 e. The van der Waals surface area contributed by atoms with Crippen LogP contribution < -0.4 is 23.8 Å². The van der Waals surface area contributed by atoms with Gasteiger partial charge in [-0.1, -0.05) is 11.6 Å². The summed E-state index contributed by atoms with van der Waals surface area (Å²) in [5.74, 6) is 1.87. The van der Waals surface area contributed by atoms with Gasteiger partial charge < -0.3 is 23.8 Å². The van der Waals surface area contributed by atoms with Crippen molar-refractivity contribution in [2.24, 2.45) is 0 Å². The van der Waals surface area contributed by atoms with Gasteiger partial charge in [-0.25, -0.2) is 0 Å². The Kier molecular flexibility index (Phi) is 6.96. The molecule has 0 aliphatic heterocycles. The maximum Gasteiger partial charge on any atom is 0.250 e. The lowest BCUT2D eigenvalue weighted by Gasteiger charge is -2.17. The van der Waals surface area contributed by atoms with Crippen LogP contribution in [-0.4, -0.2) is 41.4 Å². The highest BCUT2D eigenvalue weighted by molar-refractivity contribution is 6.32. The van der Waals surface area contributed by atoms with E-state index >= 15 is 0 Å². The number of nitrogens with zero attached hydrogens (tertiary/aromatic N) is 1. The molecule has 0 aromatic heterocycles. The maximum atomic E-state index is 12.5. The molecule has 0 saturated carbocycles. The maximum absolute atomic E-state index is 12.5. The molecule has 0 atom stereocenters. The van der Waals surface area contributed by atoms with E-state index in [1.54, 1.807) is 57.7 Å². The minimum atomic E-state index is -0.215. The van der Waals surface area contributed by atoms with Gasteiger partial charge in [-0.05, 0) is 35.9 Å². The van der Waals surface area contributed by atoms with Crippen molar-refractivity contribution in [3.05, 3.63) is 47.0 Å². The van der Waals surface area contributed by atoms with E-state index in [4.69, 9.17) is 30.5 Å². The van der Waals surface area contributed by atoms with Gasteiger partial charge in [-0.3, -0.25) is 4.79 Å². The zero-order valence-corrected chi connectivity index (χ0v) is 16.7. The molecule has 27 heavy (non-hydrogen) atoms. The summed E-state index contributed by atoms with van der Waals surface area (Å²) >= 11 is 6.19. The molecule has 7 heteroatoms. The van der Waals surface area contributed by atoms with E-state index in [-0.39, 0.29) is 5.91 Å². The van der Waals surface area contributed by atoms with Gasteiger partial charge >= 0.3 is 0 Å². The third-order valence-electron chi connectivity index (χ3n) is 3.96. The van der Waals surface area contributed by atoms with Gasteiger partial charge in [0.25, 0.3) is 5.91 Å². The summed E-state index contributed by atoms with van der Waals surface area (Å²) in [4.78, 5) is 14.0. The van der Waals surface area contributed by atoms with Gasteiger partial charge in [-0.2, -0.15) is 0 Å². The SMILES string of the molecule is COc1ccc(N(C)C(=O)/C=C/c2cc(Cl)c(OC)c(OC)c2)cc1OC. The summed E-state index contributed by atoms with van der Waals surface area (Å²) in [6.07, 6.45) is 3.11. The number of benzene rings is 2. The Hall–Kier alpha value is -2.86. The first-order chi connectivity index (χ1) is 12.9. The number of amides is 1. The first-order valence-electron chi connectivity index (χ1n) is 8.04. The summed E-state index contributed by atoms with van der Waals surface area (Å²) in [7, 11) is 7.82. The number of likely N-dealkylation sites (N-methyl/N-ethyl adjacent to an activating group) is 1. The third kappa shape index (κ3) is 4.65. The van der Waals surface area contributed by atoms with E-state index in [0.717, 1.165) is 0 Å². The standard InChI is InChI=1S/C20H22ClNO5/c1-22(14-7-8-16(24-2)17(12-14)25-3)19(23)9-6-13-10-15(21)20(27-5)18(11-13)26-4/h6-12H,1-5H3/b9-6+. The van der Waals surface area contributed by atoms with Crippen molar-refractivity contribution >= 4 is 29.3 Å². The summed E-state index contributed by atoms with van der Waals surface area (Å²) in [5, 5.41) is 0.400.